The Bertz CT molecular complexity index is 803. The van der Waals surface area contributed by atoms with Gasteiger partial charge in [-0.25, -0.2) is 4.79 Å². The van der Waals surface area contributed by atoms with Crippen LogP contribution in [-0.4, -0.2) is 36.3 Å². The van der Waals surface area contributed by atoms with E-state index < -0.39 is 0 Å². The van der Waals surface area contributed by atoms with E-state index in [1.54, 1.807) is 19.2 Å². The number of methoxy groups -OCH3 is 2. The molecule has 26 heavy (non-hydrogen) atoms. The van der Waals surface area contributed by atoms with Gasteiger partial charge in [-0.05, 0) is 24.1 Å². The topological polar surface area (TPSA) is 55.7 Å². The summed E-state index contributed by atoms with van der Waals surface area (Å²) in [5.74, 6) is 1.29. The van der Waals surface area contributed by atoms with Crippen LogP contribution in [-0.2, 0) is 6.54 Å². The fraction of sp³-hybridized carbons (Fsp3) is 0.421. The average Bonchev–Trinajstić information content (AvgIpc) is 3.09. The number of benzene rings is 1. The number of hydrogen-bond acceptors (Lipinski definition) is 3. The van der Waals surface area contributed by atoms with E-state index in [0.29, 0.717) is 28.8 Å². The number of nitrogens with one attached hydrogen (secondary N) is 1. The van der Waals surface area contributed by atoms with Crippen molar-refractivity contribution >= 4 is 23.3 Å². The first-order valence-corrected chi connectivity index (χ1v) is 8.98. The van der Waals surface area contributed by atoms with Crippen molar-refractivity contribution in [2.24, 2.45) is 5.92 Å². The van der Waals surface area contributed by atoms with Gasteiger partial charge >= 0.3 is 6.03 Å². The molecular weight excluding hydrogens is 354 g/mol. The van der Waals surface area contributed by atoms with Crippen molar-refractivity contribution in [3.63, 3.8) is 0 Å². The Morgan fingerprint density at radius 2 is 1.96 bits per heavy atom. The molecule has 0 saturated carbocycles. The number of amides is 2. The lowest BCUT2D eigenvalue weighted by molar-refractivity contribution is 0.144. The molecular formula is C19H24ClN3O3. The fourth-order valence-corrected chi connectivity index (χ4v) is 3.73. The summed E-state index contributed by atoms with van der Waals surface area (Å²) in [7, 11) is 3.08. The first kappa shape index (κ1) is 18.5. The largest absolute Gasteiger partial charge is 0.495 e. The lowest BCUT2D eigenvalue weighted by atomic mass is 9.97. The molecule has 0 spiro atoms. The molecule has 1 aliphatic rings. The molecule has 2 amide bonds. The van der Waals surface area contributed by atoms with E-state index in [0.717, 1.165) is 12.2 Å². The maximum absolute atomic E-state index is 13.0. The number of rotatable bonds is 4. The minimum atomic E-state index is -0.171. The van der Waals surface area contributed by atoms with Crippen molar-refractivity contribution in [2.45, 2.75) is 26.4 Å². The smallest absolute Gasteiger partial charge is 0.322 e. The molecule has 0 saturated heterocycles. The van der Waals surface area contributed by atoms with Gasteiger partial charge < -0.3 is 24.3 Å². The van der Waals surface area contributed by atoms with Crippen LogP contribution in [0.15, 0.2) is 30.5 Å². The zero-order valence-electron chi connectivity index (χ0n) is 15.5. The number of hydrogen-bond donors (Lipinski definition) is 1. The van der Waals surface area contributed by atoms with Crippen LogP contribution in [0.1, 0.15) is 25.6 Å². The molecule has 0 fully saturated rings. The second kappa shape index (κ2) is 7.50. The number of carbonyl (C=O) groups excluding carboxylic acids is 1. The Morgan fingerprint density at radius 1 is 1.23 bits per heavy atom. The van der Waals surface area contributed by atoms with Crippen molar-refractivity contribution in [3.8, 4) is 11.5 Å². The minimum absolute atomic E-state index is 0.0125. The van der Waals surface area contributed by atoms with Crippen LogP contribution in [0.2, 0.25) is 5.02 Å². The third-order valence-corrected chi connectivity index (χ3v) is 4.99. The van der Waals surface area contributed by atoms with Gasteiger partial charge in [-0.15, -0.1) is 0 Å². The van der Waals surface area contributed by atoms with Crippen molar-refractivity contribution in [1.29, 1.82) is 0 Å². The second-order valence-electron chi connectivity index (χ2n) is 6.63. The monoisotopic (exact) mass is 377 g/mol. The Morgan fingerprint density at radius 3 is 2.62 bits per heavy atom. The highest BCUT2D eigenvalue weighted by molar-refractivity contribution is 6.32. The van der Waals surface area contributed by atoms with Crippen LogP contribution in [0.25, 0.3) is 0 Å². The van der Waals surface area contributed by atoms with Gasteiger partial charge in [0, 0.05) is 31.0 Å². The van der Waals surface area contributed by atoms with Crippen LogP contribution in [0.5, 0.6) is 11.5 Å². The molecule has 1 aromatic carbocycles. The van der Waals surface area contributed by atoms with Crippen molar-refractivity contribution in [1.82, 2.24) is 9.47 Å². The maximum atomic E-state index is 13.0. The third-order valence-electron chi connectivity index (χ3n) is 4.69. The molecule has 1 N–H and O–H groups in total. The summed E-state index contributed by atoms with van der Waals surface area (Å²) >= 11 is 6.21. The van der Waals surface area contributed by atoms with E-state index in [-0.39, 0.29) is 18.0 Å². The van der Waals surface area contributed by atoms with Crippen molar-refractivity contribution in [2.75, 3.05) is 26.1 Å². The molecule has 0 bridgehead atoms. The van der Waals surface area contributed by atoms with Gasteiger partial charge in [0.2, 0.25) is 0 Å². The number of halogens is 1. The zero-order valence-corrected chi connectivity index (χ0v) is 16.2. The van der Waals surface area contributed by atoms with Crippen LogP contribution < -0.4 is 14.8 Å². The highest BCUT2D eigenvalue weighted by atomic mass is 35.5. The van der Waals surface area contributed by atoms with Crippen LogP contribution in [0.4, 0.5) is 10.5 Å². The summed E-state index contributed by atoms with van der Waals surface area (Å²) in [5, 5.41) is 3.36. The molecule has 1 aliphatic heterocycles. The van der Waals surface area contributed by atoms with E-state index >= 15 is 0 Å². The Balaban J connectivity index is 1.87. The molecule has 140 valence electrons. The number of urea groups is 1. The summed E-state index contributed by atoms with van der Waals surface area (Å²) in [6.07, 6.45) is 2.06. The maximum Gasteiger partial charge on any atom is 0.322 e. The summed E-state index contributed by atoms with van der Waals surface area (Å²) < 4.78 is 12.8. The van der Waals surface area contributed by atoms with Crippen LogP contribution in [0, 0.1) is 5.92 Å². The molecule has 1 atom stereocenters. The fourth-order valence-electron chi connectivity index (χ4n) is 3.49. The second-order valence-corrected chi connectivity index (χ2v) is 7.03. The number of aromatic nitrogens is 1. The Kier molecular flexibility index (Phi) is 5.32. The summed E-state index contributed by atoms with van der Waals surface area (Å²) in [6, 6.07) is 7.26. The quantitative estimate of drug-likeness (QED) is 0.858. The Hall–Kier alpha value is -2.34. The molecule has 6 nitrogen and oxygen atoms in total. The summed E-state index contributed by atoms with van der Waals surface area (Å²) in [6.45, 7) is 5.67. The number of carbonyl (C=O) groups is 1. The highest BCUT2D eigenvalue weighted by Crippen LogP contribution is 2.37. The zero-order chi connectivity index (χ0) is 18.8. The number of ether oxygens (including phenoxy) is 2. The third kappa shape index (κ3) is 3.33. The summed E-state index contributed by atoms with van der Waals surface area (Å²) in [4.78, 5) is 14.9. The number of anilines is 1. The van der Waals surface area contributed by atoms with Gasteiger partial charge in [0.05, 0.1) is 31.0 Å². The molecule has 2 aromatic rings. The standard InChI is InChI=1S/C19H24ClN3O3/c1-12(2)18-15-6-5-7-22(15)8-9-23(18)19(24)21-14-10-13(20)16(25-3)11-17(14)26-4/h5-7,10-12,18H,8-9H2,1-4H3,(H,21,24)/t18-/m1/s1. The van der Waals surface area contributed by atoms with Gasteiger partial charge in [0.1, 0.15) is 11.5 Å². The molecule has 0 radical (unpaired) electrons. The molecule has 2 heterocycles. The van der Waals surface area contributed by atoms with Gasteiger partial charge in [0.25, 0.3) is 0 Å². The first-order valence-electron chi connectivity index (χ1n) is 8.60. The van der Waals surface area contributed by atoms with E-state index in [2.05, 4.69) is 36.0 Å². The molecule has 3 rings (SSSR count). The van der Waals surface area contributed by atoms with E-state index in [1.807, 2.05) is 11.0 Å². The predicted molar refractivity (Wildman–Crippen MR) is 102 cm³/mol. The highest BCUT2D eigenvalue weighted by Gasteiger charge is 2.33. The summed E-state index contributed by atoms with van der Waals surface area (Å²) in [5.41, 5.74) is 1.67. The van der Waals surface area contributed by atoms with Gasteiger partial charge in [-0.3, -0.25) is 0 Å². The van der Waals surface area contributed by atoms with Crippen LogP contribution in [0.3, 0.4) is 0 Å². The lowest BCUT2D eigenvalue weighted by Gasteiger charge is -2.39. The SMILES string of the molecule is COc1cc(OC)c(NC(=O)N2CCn3cccc3[C@H]2C(C)C)cc1Cl. The number of fused-ring (bicyclic) bond motifs is 1. The van der Waals surface area contributed by atoms with Crippen LogP contribution >= 0.6 is 11.6 Å². The molecule has 7 heteroatoms. The van der Waals surface area contributed by atoms with Crippen molar-refractivity contribution in [3.05, 3.63) is 41.2 Å². The van der Waals surface area contributed by atoms with Gasteiger partial charge in [-0.2, -0.15) is 0 Å². The van der Waals surface area contributed by atoms with Gasteiger partial charge in [-0.1, -0.05) is 25.4 Å². The first-order chi connectivity index (χ1) is 12.5. The Labute approximate surface area is 158 Å². The number of nitrogens with zero attached hydrogens (tertiary/aromatic N) is 2. The normalized spacial score (nSPS) is 16.4. The van der Waals surface area contributed by atoms with E-state index in [1.165, 1.54) is 7.11 Å². The van der Waals surface area contributed by atoms with Gasteiger partial charge in [0.15, 0.2) is 0 Å². The molecule has 1 aromatic heterocycles. The average molecular weight is 378 g/mol. The minimum Gasteiger partial charge on any atom is -0.495 e. The van der Waals surface area contributed by atoms with E-state index in [9.17, 15) is 4.79 Å². The molecule has 0 aliphatic carbocycles. The van der Waals surface area contributed by atoms with Crippen molar-refractivity contribution < 1.29 is 14.3 Å². The predicted octanol–water partition coefficient (Wildman–Crippen LogP) is 4.40. The lowest BCUT2D eigenvalue weighted by Crippen LogP contribution is -2.45. The molecule has 0 unspecified atom stereocenters. The van der Waals surface area contributed by atoms with E-state index in [4.69, 9.17) is 21.1 Å².